The molecule has 1 aliphatic carbocycles. The van der Waals surface area contributed by atoms with E-state index in [1.165, 1.54) is 0 Å². The van der Waals surface area contributed by atoms with Gasteiger partial charge in [-0.15, -0.1) is 0 Å². The fourth-order valence-electron chi connectivity index (χ4n) is 2.28. The Bertz CT molecular complexity index is 390. The summed E-state index contributed by atoms with van der Waals surface area (Å²) < 4.78 is 1.92. The van der Waals surface area contributed by atoms with Crippen LogP contribution in [0.5, 0.6) is 0 Å². The third-order valence-electron chi connectivity index (χ3n) is 3.61. The minimum absolute atomic E-state index is 0.156. The number of hydrogen-bond acceptors (Lipinski definition) is 4. The SMILES string of the molecule is CCCn1nc(C)c(N)c1NC1(CO)CCC1. The summed E-state index contributed by atoms with van der Waals surface area (Å²) in [5.74, 6) is 0.873. The van der Waals surface area contributed by atoms with Gasteiger partial charge in [0.25, 0.3) is 0 Å². The van der Waals surface area contributed by atoms with Crippen LogP contribution in [0.2, 0.25) is 0 Å². The minimum Gasteiger partial charge on any atom is -0.394 e. The summed E-state index contributed by atoms with van der Waals surface area (Å²) in [7, 11) is 0. The van der Waals surface area contributed by atoms with Crippen LogP contribution >= 0.6 is 0 Å². The average Bonchev–Trinajstić information content (AvgIpc) is 2.51. The Balaban J connectivity index is 2.24. The van der Waals surface area contributed by atoms with Gasteiger partial charge in [-0.2, -0.15) is 5.10 Å². The first-order valence-electron chi connectivity index (χ1n) is 6.34. The molecule has 17 heavy (non-hydrogen) atoms. The highest BCUT2D eigenvalue weighted by Gasteiger charge is 2.37. The minimum atomic E-state index is -0.175. The predicted molar refractivity (Wildman–Crippen MR) is 69.0 cm³/mol. The van der Waals surface area contributed by atoms with Gasteiger partial charge < -0.3 is 16.2 Å². The van der Waals surface area contributed by atoms with Crippen molar-refractivity contribution < 1.29 is 5.11 Å². The maximum absolute atomic E-state index is 9.48. The number of nitrogens with one attached hydrogen (secondary N) is 1. The Morgan fingerprint density at radius 2 is 2.24 bits per heavy atom. The molecule has 0 saturated heterocycles. The first kappa shape index (κ1) is 12.2. The van der Waals surface area contributed by atoms with Gasteiger partial charge in [0.2, 0.25) is 0 Å². The van der Waals surface area contributed by atoms with Crippen LogP contribution in [0, 0.1) is 6.92 Å². The average molecular weight is 238 g/mol. The molecule has 96 valence electrons. The van der Waals surface area contributed by atoms with Gasteiger partial charge in [-0.3, -0.25) is 0 Å². The van der Waals surface area contributed by atoms with E-state index < -0.39 is 0 Å². The lowest BCUT2D eigenvalue weighted by Crippen LogP contribution is -2.49. The first-order valence-corrected chi connectivity index (χ1v) is 6.34. The smallest absolute Gasteiger partial charge is 0.148 e. The molecule has 0 spiro atoms. The molecule has 5 nitrogen and oxygen atoms in total. The van der Waals surface area contributed by atoms with Crippen molar-refractivity contribution in [2.45, 2.75) is 51.6 Å². The Labute approximate surface area is 102 Å². The Hall–Kier alpha value is -1.23. The fraction of sp³-hybridized carbons (Fsp3) is 0.750. The van der Waals surface area contributed by atoms with Gasteiger partial charge in [-0.05, 0) is 32.6 Å². The molecular formula is C12H22N4O. The predicted octanol–water partition coefficient (Wildman–Crippen LogP) is 1.51. The molecule has 1 heterocycles. The van der Waals surface area contributed by atoms with Crippen LogP contribution in [0.1, 0.15) is 38.3 Å². The van der Waals surface area contributed by atoms with Crippen LogP contribution in [-0.2, 0) is 6.54 Å². The number of aromatic nitrogens is 2. The Kier molecular flexibility index (Phi) is 3.28. The van der Waals surface area contributed by atoms with E-state index >= 15 is 0 Å². The van der Waals surface area contributed by atoms with Crippen LogP contribution in [-0.4, -0.2) is 27.0 Å². The Morgan fingerprint density at radius 1 is 1.53 bits per heavy atom. The van der Waals surface area contributed by atoms with Gasteiger partial charge in [0.15, 0.2) is 0 Å². The lowest BCUT2D eigenvalue weighted by Gasteiger charge is -2.41. The Morgan fingerprint density at radius 3 is 2.71 bits per heavy atom. The third kappa shape index (κ3) is 2.11. The maximum atomic E-state index is 9.48. The molecule has 0 bridgehead atoms. The molecule has 0 amide bonds. The quantitative estimate of drug-likeness (QED) is 0.726. The van der Waals surface area contributed by atoms with Crippen LogP contribution in [0.15, 0.2) is 0 Å². The van der Waals surface area contributed by atoms with E-state index in [9.17, 15) is 5.11 Å². The zero-order valence-electron chi connectivity index (χ0n) is 10.7. The fourth-order valence-corrected chi connectivity index (χ4v) is 2.28. The second-order valence-electron chi connectivity index (χ2n) is 4.99. The molecule has 0 aromatic carbocycles. The highest BCUT2D eigenvalue weighted by Crippen LogP contribution is 2.37. The molecule has 0 atom stereocenters. The van der Waals surface area contributed by atoms with Gasteiger partial charge in [-0.1, -0.05) is 6.92 Å². The number of hydrogen-bond donors (Lipinski definition) is 3. The highest BCUT2D eigenvalue weighted by molar-refractivity contribution is 5.66. The maximum Gasteiger partial charge on any atom is 0.148 e. The van der Waals surface area contributed by atoms with E-state index in [0.29, 0.717) is 5.69 Å². The van der Waals surface area contributed by atoms with Gasteiger partial charge in [0, 0.05) is 6.54 Å². The summed E-state index contributed by atoms with van der Waals surface area (Å²) in [6, 6.07) is 0. The van der Waals surface area contributed by atoms with E-state index in [2.05, 4.69) is 17.3 Å². The molecule has 1 saturated carbocycles. The number of aliphatic hydroxyl groups excluding tert-OH is 1. The van der Waals surface area contributed by atoms with Gasteiger partial charge in [0.05, 0.1) is 23.5 Å². The summed E-state index contributed by atoms with van der Waals surface area (Å²) in [5.41, 5.74) is 7.43. The summed E-state index contributed by atoms with van der Waals surface area (Å²) in [5, 5.41) is 17.3. The summed E-state index contributed by atoms with van der Waals surface area (Å²) in [6.45, 7) is 5.03. The standard InChI is InChI=1S/C12H22N4O/c1-3-7-16-11(10(13)9(2)15-16)14-12(8-17)5-4-6-12/h14,17H,3-8,13H2,1-2H3. The normalized spacial score (nSPS) is 17.8. The molecular weight excluding hydrogens is 216 g/mol. The van der Waals surface area contributed by atoms with E-state index in [4.69, 9.17) is 5.73 Å². The van der Waals surface area contributed by atoms with Crippen molar-refractivity contribution in [3.8, 4) is 0 Å². The lowest BCUT2D eigenvalue weighted by atomic mass is 9.77. The lowest BCUT2D eigenvalue weighted by molar-refractivity contribution is 0.143. The van der Waals surface area contributed by atoms with Crippen LogP contribution < -0.4 is 11.1 Å². The number of nitrogen functional groups attached to an aromatic ring is 1. The van der Waals surface area contributed by atoms with Crippen molar-refractivity contribution in [3.63, 3.8) is 0 Å². The van der Waals surface area contributed by atoms with Crippen molar-refractivity contribution in [2.75, 3.05) is 17.7 Å². The van der Waals surface area contributed by atoms with E-state index in [0.717, 1.165) is 43.7 Å². The van der Waals surface area contributed by atoms with E-state index in [1.54, 1.807) is 0 Å². The van der Waals surface area contributed by atoms with Crippen LogP contribution in [0.4, 0.5) is 11.5 Å². The first-order chi connectivity index (χ1) is 8.12. The number of anilines is 2. The van der Waals surface area contributed by atoms with Crippen molar-refractivity contribution in [1.29, 1.82) is 0 Å². The molecule has 0 aliphatic heterocycles. The summed E-state index contributed by atoms with van der Waals surface area (Å²) >= 11 is 0. The summed E-state index contributed by atoms with van der Waals surface area (Å²) in [4.78, 5) is 0. The van der Waals surface area contributed by atoms with Crippen LogP contribution in [0.25, 0.3) is 0 Å². The largest absolute Gasteiger partial charge is 0.394 e. The van der Waals surface area contributed by atoms with E-state index in [-0.39, 0.29) is 12.1 Å². The van der Waals surface area contributed by atoms with Crippen molar-refractivity contribution >= 4 is 11.5 Å². The molecule has 1 aliphatic rings. The molecule has 0 radical (unpaired) electrons. The molecule has 1 aromatic rings. The highest BCUT2D eigenvalue weighted by atomic mass is 16.3. The second kappa shape index (κ2) is 4.56. The van der Waals surface area contributed by atoms with Crippen LogP contribution in [0.3, 0.4) is 0 Å². The molecule has 2 rings (SSSR count). The zero-order chi connectivity index (χ0) is 12.5. The molecule has 4 N–H and O–H groups in total. The number of aliphatic hydroxyl groups is 1. The van der Waals surface area contributed by atoms with Crippen molar-refractivity contribution in [2.24, 2.45) is 0 Å². The van der Waals surface area contributed by atoms with Gasteiger partial charge in [0.1, 0.15) is 5.82 Å². The number of nitrogens with zero attached hydrogens (tertiary/aromatic N) is 2. The monoisotopic (exact) mass is 238 g/mol. The second-order valence-corrected chi connectivity index (χ2v) is 4.99. The van der Waals surface area contributed by atoms with Crippen molar-refractivity contribution in [1.82, 2.24) is 9.78 Å². The molecule has 0 unspecified atom stereocenters. The number of nitrogens with two attached hydrogens (primary N) is 1. The topological polar surface area (TPSA) is 76.1 Å². The third-order valence-corrected chi connectivity index (χ3v) is 3.61. The van der Waals surface area contributed by atoms with Gasteiger partial charge >= 0.3 is 0 Å². The number of aryl methyl sites for hydroxylation is 2. The molecule has 1 aromatic heterocycles. The van der Waals surface area contributed by atoms with Crippen molar-refractivity contribution in [3.05, 3.63) is 5.69 Å². The molecule has 1 fully saturated rings. The van der Waals surface area contributed by atoms with E-state index in [1.807, 2.05) is 11.6 Å². The zero-order valence-corrected chi connectivity index (χ0v) is 10.7. The molecule has 5 heteroatoms. The summed E-state index contributed by atoms with van der Waals surface area (Å²) in [6.07, 6.45) is 4.17. The number of rotatable bonds is 5. The van der Waals surface area contributed by atoms with Gasteiger partial charge in [-0.25, -0.2) is 4.68 Å².